The molecule has 0 unspecified atom stereocenters. The van der Waals surface area contributed by atoms with E-state index in [1.807, 2.05) is 0 Å². The second kappa shape index (κ2) is 2.47. The summed E-state index contributed by atoms with van der Waals surface area (Å²) in [7, 11) is 0. The van der Waals surface area contributed by atoms with Crippen LogP contribution in [-0.2, 0) is 0 Å². The van der Waals surface area contributed by atoms with E-state index in [4.69, 9.17) is 5.73 Å². The third-order valence-corrected chi connectivity index (χ3v) is 1.35. The predicted octanol–water partition coefficient (Wildman–Crippen LogP) is 0.785. The summed E-state index contributed by atoms with van der Waals surface area (Å²) in [6.45, 7) is 1.77. The lowest BCUT2D eigenvalue weighted by molar-refractivity contribution is 0.112. The Morgan fingerprint density at radius 2 is 2.40 bits per heavy atom. The smallest absolute Gasteiger partial charge is 0.152 e. The van der Waals surface area contributed by atoms with Crippen LogP contribution in [0.2, 0.25) is 0 Å². The van der Waals surface area contributed by atoms with Crippen molar-refractivity contribution in [1.29, 1.82) is 0 Å². The van der Waals surface area contributed by atoms with Crippen molar-refractivity contribution >= 4 is 12.0 Å². The van der Waals surface area contributed by atoms with E-state index in [1.165, 1.54) is 0 Å². The first-order valence-electron chi connectivity index (χ1n) is 2.92. The van der Waals surface area contributed by atoms with Gasteiger partial charge in [-0.05, 0) is 13.0 Å². The molecular weight excluding hydrogens is 128 g/mol. The maximum Gasteiger partial charge on any atom is 0.152 e. The van der Waals surface area contributed by atoms with E-state index in [1.54, 1.807) is 19.2 Å². The van der Waals surface area contributed by atoms with E-state index in [9.17, 15) is 4.79 Å². The Labute approximate surface area is 58.9 Å². The van der Waals surface area contributed by atoms with Gasteiger partial charge in [-0.1, -0.05) is 0 Å². The van der Waals surface area contributed by atoms with E-state index in [2.05, 4.69) is 4.98 Å². The number of aromatic nitrogens is 1. The monoisotopic (exact) mass is 136 g/mol. The number of hydrogen-bond acceptors (Lipinski definition) is 3. The maximum absolute atomic E-state index is 10.3. The van der Waals surface area contributed by atoms with Crippen molar-refractivity contribution in [2.75, 3.05) is 5.73 Å². The summed E-state index contributed by atoms with van der Waals surface area (Å²) in [6.07, 6.45) is 2.29. The molecule has 1 aromatic heterocycles. The molecule has 0 aromatic carbocycles. The van der Waals surface area contributed by atoms with Crippen molar-refractivity contribution in [2.24, 2.45) is 0 Å². The average Bonchev–Trinajstić information content (AvgIpc) is 1.95. The highest BCUT2D eigenvalue weighted by Gasteiger charge is 1.98. The minimum Gasteiger partial charge on any atom is -0.397 e. The Hall–Kier alpha value is -1.38. The Morgan fingerprint density at radius 1 is 1.70 bits per heavy atom. The van der Waals surface area contributed by atoms with Crippen LogP contribution in [0.15, 0.2) is 12.3 Å². The largest absolute Gasteiger partial charge is 0.397 e. The molecule has 0 radical (unpaired) electrons. The Morgan fingerprint density at radius 3 is 2.90 bits per heavy atom. The number of nitrogens with zero attached hydrogens (tertiary/aromatic N) is 1. The van der Waals surface area contributed by atoms with Crippen molar-refractivity contribution in [1.82, 2.24) is 4.98 Å². The van der Waals surface area contributed by atoms with E-state index in [-0.39, 0.29) is 0 Å². The minimum atomic E-state index is 0.470. The summed E-state index contributed by atoms with van der Waals surface area (Å²) < 4.78 is 0. The SMILES string of the molecule is Cc1nccc(C=O)c1N. The van der Waals surface area contributed by atoms with Gasteiger partial charge in [-0.3, -0.25) is 9.78 Å². The van der Waals surface area contributed by atoms with E-state index < -0.39 is 0 Å². The summed E-state index contributed by atoms with van der Waals surface area (Å²) >= 11 is 0. The van der Waals surface area contributed by atoms with Gasteiger partial charge in [-0.2, -0.15) is 0 Å². The standard InChI is InChI=1S/C7H8N2O/c1-5-7(8)6(4-10)2-3-9-5/h2-4H,8H2,1H3. The molecule has 0 aliphatic heterocycles. The van der Waals surface area contributed by atoms with Crippen LogP contribution in [0.5, 0.6) is 0 Å². The topological polar surface area (TPSA) is 56.0 Å². The molecule has 2 N–H and O–H groups in total. The number of rotatable bonds is 1. The van der Waals surface area contributed by atoms with E-state index in [0.29, 0.717) is 16.9 Å². The van der Waals surface area contributed by atoms with Crippen molar-refractivity contribution in [3.63, 3.8) is 0 Å². The Balaban J connectivity index is 3.27. The molecule has 52 valence electrons. The third-order valence-electron chi connectivity index (χ3n) is 1.35. The van der Waals surface area contributed by atoms with Crippen LogP contribution < -0.4 is 5.73 Å². The molecule has 0 amide bonds. The molecule has 1 heterocycles. The molecule has 3 heteroatoms. The zero-order valence-electron chi connectivity index (χ0n) is 5.66. The lowest BCUT2D eigenvalue weighted by Gasteiger charge is -1.98. The molecule has 0 aliphatic carbocycles. The van der Waals surface area contributed by atoms with Crippen LogP contribution in [0.1, 0.15) is 16.1 Å². The Bertz CT molecular complexity index is 258. The van der Waals surface area contributed by atoms with Gasteiger partial charge in [0.15, 0.2) is 6.29 Å². The number of hydrogen-bond donors (Lipinski definition) is 1. The van der Waals surface area contributed by atoms with Crippen LogP contribution >= 0.6 is 0 Å². The van der Waals surface area contributed by atoms with Crippen LogP contribution in [0.4, 0.5) is 5.69 Å². The van der Waals surface area contributed by atoms with E-state index in [0.717, 1.165) is 6.29 Å². The first-order chi connectivity index (χ1) is 4.75. The van der Waals surface area contributed by atoms with Gasteiger partial charge in [0.25, 0.3) is 0 Å². The van der Waals surface area contributed by atoms with Crippen molar-refractivity contribution in [2.45, 2.75) is 6.92 Å². The average molecular weight is 136 g/mol. The molecule has 3 nitrogen and oxygen atoms in total. The van der Waals surface area contributed by atoms with Crippen LogP contribution in [0.25, 0.3) is 0 Å². The van der Waals surface area contributed by atoms with Gasteiger partial charge in [0, 0.05) is 11.8 Å². The molecule has 0 aliphatic rings. The summed E-state index contributed by atoms with van der Waals surface area (Å²) in [6, 6.07) is 1.59. The number of nitrogen functional groups attached to an aromatic ring is 1. The predicted molar refractivity (Wildman–Crippen MR) is 38.8 cm³/mol. The lowest BCUT2D eigenvalue weighted by atomic mass is 10.2. The van der Waals surface area contributed by atoms with Gasteiger partial charge < -0.3 is 5.73 Å². The zero-order chi connectivity index (χ0) is 7.56. The van der Waals surface area contributed by atoms with Crippen molar-refractivity contribution in [3.8, 4) is 0 Å². The van der Waals surface area contributed by atoms with Gasteiger partial charge in [0.05, 0.1) is 11.4 Å². The summed E-state index contributed by atoms with van der Waals surface area (Å²) in [5, 5.41) is 0. The molecule has 0 saturated carbocycles. The van der Waals surface area contributed by atoms with Crippen molar-refractivity contribution < 1.29 is 4.79 Å². The second-order valence-corrected chi connectivity index (χ2v) is 2.02. The van der Waals surface area contributed by atoms with Gasteiger partial charge in [-0.15, -0.1) is 0 Å². The number of carbonyl (C=O) groups excluding carboxylic acids is 1. The molecule has 0 atom stereocenters. The normalized spacial score (nSPS) is 9.30. The molecule has 1 aromatic rings. The number of carbonyl (C=O) groups is 1. The van der Waals surface area contributed by atoms with Gasteiger partial charge in [0.2, 0.25) is 0 Å². The highest BCUT2D eigenvalue weighted by Crippen LogP contribution is 2.10. The highest BCUT2D eigenvalue weighted by molar-refractivity contribution is 5.83. The summed E-state index contributed by atoms with van der Waals surface area (Å²) in [5.41, 5.74) is 7.17. The molecule has 10 heavy (non-hydrogen) atoms. The summed E-state index contributed by atoms with van der Waals surface area (Å²) in [5.74, 6) is 0. The second-order valence-electron chi connectivity index (χ2n) is 2.02. The van der Waals surface area contributed by atoms with Crippen molar-refractivity contribution in [3.05, 3.63) is 23.5 Å². The Kier molecular flexibility index (Phi) is 1.67. The maximum atomic E-state index is 10.3. The first-order valence-corrected chi connectivity index (χ1v) is 2.92. The molecule has 0 fully saturated rings. The minimum absolute atomic E-state index is 0.470. The molecular formula is C7H8N2O. The van der Waals surface area contributed by atoms with Gasteiger partial charge in [-0.25, -0.2) is 0 Å². The fourth-order valence-corrected chi connectivity index (χ4v) is 0.700. The molecule has 0 spiro atoms. The molecule has 1 rings (SSSR count). The lowest BCUT2D eigenvalue weighted by Crippen LogP contribution is -1.97. The molecule has 0 bridgehead atoms. The number of anilines is 1. The fourth-order valence-electron chi connectivity index (χ4n) is 0.700. The first kappa shape index (κ1) is 6.74. The fraction of sp³-hybridized carbons (Fsp3) is 0.143. The highest BCUT2D eigenvalue weighted by atomic mass is 16.1. The number of pyridine rings is 1. The van der Waals surface area contributed by atoms with E-state index >= 15 is 0 Å². The number of aryl methyl sites for hydroxylation is 1. The van der Waals surface area contributed by atoms with Gasteiger partial charge >= 0.3 is 0 Å². The molecule has 0 saturated heterocycles. The van der Waals surface area contributed by atoms with Crippen LogP contribution in [0.3, 0.4) is 0 Å². The van der Waals surface area contributed by atoms with Crippen LogP contribution in [-0.4, -0.2) is 11.3 Å². The van der Waals surface area contributed by atoms with Crippen LogP contribution in [0, 0.1) is 6.92 Å². The quantitative estimate of drug-likeness (QED) is 0.580. The number of nitrogens with two attached hydrogens (primary N) is 1. The van der Waals surface area contributed by atoms with Gasteiger partial charge in [0.1, 0.15) is 0 Å². The number of aldehydes is 1. The third kappa shape index (κ3) is 0.978. The summed E-state index contributed by atoms with van der Waals surface area (Å²) in [4.78, 5) is 14.2. The zero-order valence-corrected chi connectivity index (χ0v) is 5.66.